The zero-order chi connectivity index (χ0) is 20.9. The summed E-state index contributed by atoms with van der Waals surface area (Å²) in [6.07, 6.45) is 4.20. The molecule has 0 heterocycles. The second-order valence-electron chi connectivity index (χ2n) is 5.76. The van der Waals surface area contributed by atoms with Crippen LogP contribution in [-0.2, 0) is 9.47 Å². The number of methoxy groups -OCH3 is 4. The normalized spacial score (nSPS) is 19.4. The highest BCUT2D eigenvalue weighted by Gasteiger charge is 2.56. The summed E-state index contributed by atoms with van der Waals surface area (Å²) in [6, 6.07) is 5.17. The standard InChI is InChI=1S/C18H20N2O8/c1-25-15-8-7-12(10-16(15)26-2)5-6-13-9-14(19(21)22)17(27-3)18(11-13,28-4)20(23)24/h5-10H,11H2,1-4H3/b6-5-. The Labute approximate surface area is 160 Å². The lowest BCUT2D eigenvalue weighted by Gasteiger charge is -2.27. The number of ether oxygens (including phenoxy) is 4. The van der Waals surface area contributed by atoms with E-state index in [2.05, 4.69) is 0 Å². The molecular formula is C18H20N2O8. The summed E-state index contributed by atoms with van der Waals surface area (Å²) >= 11 is 0. The molecule has 0 aromatic heterocycles. The summed E-state index contributed by atoms with van der Waals surface area (Å²) in [5.74, 6) is 0.603. The van der Waals surface area contributed by atoms with Gasteiger partial charge in [-0.15, -0.1) is 0 Å². The second kappa shape index (κ2) is 8.53. The molecule has 0 aliphatic heterocycles. The van der Waals surface area contributed by atoms with Gasteiger partial charge in [-0.05, 0) is 23.3 Å². The van der Waals surface area contributed by atoms with Crippen molar-refractivity contribution in [2.24, 2.45) is 0 Å². The minimum absolute atomic E-state index is 0.235. The van der Waals surface area contributed by atoms with Gasteiger partial charge in [0.25, 0.3) is 5.76 Å². The van der Waals surface area contributed by atoms with E-state index in [4.69, 9.17) is 18.9 Å². The second-order valence-corrected chi connectivity index (χ2v) is 5.76. The zero-order valence-corrected chi connectivity index (χ0v) is 15.8. The molecule has 0 amide bonds. The van der Waals surface area contributed by atoms with Gasteiger partial charge in [-0.25, -0.2) is 0 Å². The van der Waals surface area contributed by atoms with Gasteiger partial charge >= 0.3 is 11.4 Å². The maximum atomic E-state index is 11.7. The molecule has 1 aromatic carbocycles. The molecule has 0 saturated carbocycles. The lowest BCUT2D eigenvalue weighted by molar-refractivity contribution is -0.621. The molecule has 1 atom stereocenters. The lowest BCUT2D eigenvalue weighted by Crippen LogP contribution is -2.46. The first-order chi connectivity index (χ1) is 13.3. The molecular weight excluding hydrogens is 372 g/mol. The molecule has 28 heavy (non-hydrogen) atoms. The fraction of sp³-hybridized carbons (Fsp3) is 0.333. The number of hydrogen-bond acceptors (Lipinski definition) is 8. The highest BCUT2D eigenvalue weighted by molar-refractivity contribution is 5.59. The molecule has 0 bridgehead atoms. The third-order valence-electron chi connectivity index (χ3n) is 4.28. The molecule has 10 heteroatoms. The molecule has 150 valence electrons. The largest absolute Gasteiger partial charge is 0.493 e. The van der Waals surface area contributed by atoms with Crippen molar-refractivity contribution in [2.45, 2.75) is 12.1 Å². The number of nitrogens with zero attached hydrogens (tertiary/aromatic N) is 2. The summed E-state index contributed by atoms with van der Waals surface area (Å²) in [5, 5.41) is 23.1. The Morgan fingerprint density at radius 2 is 1.68 bits per heavy atom. The third-order valence-corrected chi connectivity index (χ3v) is 4.28. The van der Waals surface area contributed by atoms with Crippen molar-refractivity contribution < 1.29 is 28.8 Å². The van der Waals surface area contributed by atoms with E-state index in [-0.39, 0.29) is 6.42 Å². The number of benzene rings is 1. The van der Waals surface area contributed by atoms with Gasteiger partial charge in [0.2, 0.25) is 0 Å². The van der Waals surface area contributed by atoms with Gasteiger partial charge in [0.15, 0.2) is 11.5 Å². The average molecular weight is 392 g/mol. The molecule has 1 aliphatic carbocycles. The maximum absolute atomic E-state index is 11.7. The van der Waals surface area contributed by atoms with Crippen LogP contribution in [-0.4, -0.2) is 44.0 Å². The quantitative estimate of drug-likeness (QED) is 0.376. The highest BCUT2D eigenvalue weighted by atomic mass is 16.7. The predicted octanol–water partition coefficient (Wildman–Crippen LogP) is 2.80. The molecule has 0 spiro atoms. The van der Waals surface area contributed by atoms with Crippen LogP contribution in [0.1, 0.15) is 12.0 Å². The number of nitro groups is 2. The molecule has 1 unspecified atom stereocenters. The number of rotatable bonds is 8. The Bertz CT molecular complexity index is 874. The van der Waals surface area contributed by atoms with Crippen LogP contribution in [0.3, 0.4) is 0 Å². The van der Waals surface area contributed by atoms with Gasteiger partial charge < -0.3 is 18.9 Å². The van der Waals surface area contributed by atoms with Gasteiger partial charge in [-0.3, -0.25) is 20.2 Å². The zero-order valence-electron chi connectivity index (χ0n) is 15.8. The Hall–Kier alpha value is -3.40. The van der Waals surface area contributed by atoms with Crippen LogP contribution < -0.4 is 9.47 Å². The monoisotopic (exact) mass is 392 g/mol. The summed E-state index contributed by atoms with van der Waals surface area (Å²) in [7, 11) is 5.26. The van der Waals surface area contributed by atoms with Crippen LogP contribution >= 0.6 is 0 Å². The fourth-order valence-electron chi connectivity index (χ4n) is 2.90. The van der Waals surface area contributed by atoms with Crippen molar-refractivity contribution in [3.8, 4) is 11.5 Å². The van der Waals surface area contributed by atoms with E-state index in [9.17, 15) is 20.2 Å². The van der Waals surface area contributed by atoms with E-state index < -0.39 is 27.0 Å². The Kier molecular flexibility index (Phi) is 6.37. The SMILES string of the molecule is COC1=C([N+](=O)[O-])C=C(/C=C\c2ccc(OC)c(OC)c2)CC1(OC)[N+](=O)[O-]. The first-order valence-corrected chi connectivity index (χ1v) is 8.06. The van der Waals surface area contributed by atoms with Gasteiger partial charge in [-0.1, -0.05) is 18.2 Å². The van der Waals surface area contributed by atoms with Crippen molar-refractivity contribution >= 4 is 6.08 Å². The molecule has 0 N–H and O–H groups in total. The van der Waals surface area contributed by atoms with Crippen molar-refractivity contribution in [3.05, 3.63) is 73.2 Å². The molecule has 10 nitrogen and oxygen atoms in total. The molecule has 0 saturated heterocycles. The van der Waals surface area contributed by atoms with Crippen molar-refractivity contribution in [1.82, 2.24) is 0 Å². The van der Waals surface area contributed by atoms with E-state index in [1.165, 1.54) is 20.3 Å². The molecule has 0 radical (unpaired) electrons. The van der Waals surface area contributed by atoms with Gasteiger partial charge in [-0.2, -0.15) is 0 Å². The van der Waals surface area contributed by atoms with E-state index in [1.54, 1.807) is 30.4 Å². The highest BCUT2D eigenvalue weighted by Crippen LogP contribution is 2.38. The fourth-order valence-corrected chi connectivity index (χ4v) is 2.90. The van der Waals surface area contributed by atoms with E-state index in [0.717, 1.165) is 14.2 Å². The van der Waals surface area contributed by atoms with E-state index in [1.807, 2.05) is 0 Å². The van der Waals surface area contributed by atoms with E-state index >= 15 is 0 Å². The Morgan fingerprint density at radius 1 is 1.00 bits per heavy atom. The minimum Gasteiger partial charge on any atom is -0.493 e. The summed E-state index contributed by atoms with van der Waals surface area (Å²) in [6.45, 7) is 0. The van der Waals surface area contributed by atoms with Crippen LogP contribution in [0, 0.1) is 20.2 Å². The average Bonchev–Trinajstić information content (AvgIpc) is 2.70. The van der Waals surface area contributed by atoms with Crippen molar-refractivity contribution in [2.75, 3.05) is 28.4 Å². The summed E-state index contributed by atoms with van der Waals surface area (Å²) < 4.78 is 20.5. The topological polar surface area (TPSA) is 123 Å². The van der Waals surface area contributed by atoms with Gasteiger partial charge in [0.05, 0.1) is 37.6 Å². The third kappa shape index (κ3) is 3.81. The van der Waals surface area contributed by atoms with Crippen LogP contribution in [0.15, 0.2) is 47.4 Å². The summed E-state index contributed by atoms with van der Waals surface area (Å²) in [5.41, 5.74) is -1.66. The molecule has 1 aliphatic rings. The van der Waals surface area contributed by atoms with Crippen LogP contribution in [0.5, 0.6) is 11.5 Å². The van der Waals surface area contributed by atoms with Crippen LogP contribution in [0.2, 0.25) is 0 Å². The predicted molar refractivity (Wildman–Crippen MR) is 99.0 cm³/mol. The molecule has 2 rings (SSSR count). The lowest BCUT2D eigenvalue weighted by atomic mass is 9.92. The smallest absolute Gasteiger partial charge is 0.393 e. The number of hydrogen-bond donors (Lipinski definition) is 0. The Morgan fingerprint density at radius 3 is 2.18 bits per heavy atom. The van der Waals surface area contributed by atoms with Crippen molar-refractivity contribution in [3.63, 3.8) is 0 Å². The van der Waals surface area contributed by atoms with Crippen LogP contribution in [0.25, 0.3) is 6.08 Å². The van der Waals surface area contributed by atoms with Gasteiger partial charge in [0, 0.05) is 13.2 Å². The first-order valence-electron chi connectivity index (χ1n) is 8.06. The van der Waals surface area contributed by atoms with E-state index in [0.29, 0.717) is 22.6 Å². The molecule has 1 aromatic rings. The van der Waals surface area contributed by atoms with Crippen LogP contribution in [0.4, 0.5) is 0 Å². The summed E-state index contributed by atoms with van der Waals surface area (Å²) in [4.78, 5) is 21.6. The number of allylic oxidation sites excluding steroid dienone is 2. The van der Waals surface area contributed by atoms with Gasteiger partial charge in [0.1, 0.15) is 0 Å². The van der Waals surface area contributed by atoms with Crippen molar-refractivity contribution in [1.29, 1.82) is 0 Å². The molecule has 0 fully saturated rings. The minimum atomic E-state index is -2.18. The first kappa shape index (κ1) is 20.9. The maximum Gasteiger partial charge on any atom is 0.393 e. The Balaban J connectivity index is 2.48.